The summed E-state index contributed by atoms with van der Waals surface area (Å²) in [6.07, 6.45) is 0.361. The maximum absolute atomic E-state index is 12.9. The van der Waals surface area contributed by atoms with Crippen LogP contribution in [0.15, 0.2) is 64.9 Å². The summed E-state index contributed by atoms with van der Waals surface area (Å²) in [7, 11) is 0. The van der Waals surface area contributed by atoms with Gasteiger partial charge in [0, 0.05) is 31.0 Å². The van der Waals surface area contributed by atoms with Crippen molar-refractivity contribution < 1.29 is 29.3 Å². The van der Waals surface area contributed by atoms with E-state index in [0.29, 0.717) is 25.0 Å². The Bertz CT molecular complexity index is 1310. The molecule has 0 aromatic heterocycles. The third-order valence-electron chi connectivity index (χ3n) is 7.40. The number of Topliss-reactive ketones (excluding diaryl/α,β-unsaturated/α-hetero) is 1. The summed E-state index contributed by atoms with van der Waals surface area (Å²) in [5.74, 6) is -1.28. The number of rotatable bonds is 10. The number of aliphatic imine (C=N–C) groups is 1. The average Bonchev–Trinajstić information content (AvgIpc) is 3.19. The van der Waals surface area contributed by atoms with Gasteiger partial charge in [0.2, 0.25) is 0 Å². The van der Waals surface area contributed by atoms with Crippen LogP contribution in [0.1, 0.15) is 70.4 Å². The molecule has 0 bridgehead atoms. The highest BCUT2D eigenvalue weighted by Gasteiger charge is 2.35. The van der Waals surface area contributed by atoms with Gasteiger partial charge in [-0.2, -0.15) is 0 Å². The van der Waals surface area contributed by atoms with Gasteiger partial charge in [-0.25, -0.2) is 9.59 Å². The molecular formula is C32H38N2O6. The van der Waals surface area contributed by atoms with Crippen LogP contribution in [-0.2, 0) is 14.3 Å². The van der Waals surface area contributed by atoms with E-state index in [-0.39, 0.29) is 53.9 Å². The number of ether oxygens (including phenoxy) is 1. The first-order chi connectivity index (χ1) is 19.0. The second-order valence-corrected chi connectivity index (χ2v) is 11.8. The number of hydrogen-bond acceptors (Lipinski definition) is 6. The minimum absolute atomic E-state index is 0.00878. The number of ketones is 1. The van der Waals surface area contributed by atoms with E-state index < -0.39 is 18.1 Å². The Labute approximate surface area is 235 Å². The maximum Gasteiger partial charge on any atom is 0.407 e. The molecule has 2 aliphatic carbocycles. The third-order valence-corrected chi connectivity index (χ3v) is 7.40. The first-order valence-corrected chi connectivity index (χ1v) is 13.8. The number of hydrogen-bond donors (Lipinski definition) is 3. The van der Waals surface area contributed by atoms with E-state index in [2.05, 4.69) is 10.3 Å². The quantitative estimate of drug-likeness (QED) is 0.311. The molecule has 2 aromatic rings. The van der Waals surface area contributed by atoms with Crippen LogP contribution in [0.5, 0.6) is 0 Å². The number of carbonyl (C=O) groups is 3. The molecule has 0 fully saturated rings. The van der Waals surface area contributed by atoms with Crippen molar-refractivity contribution in [1.82, 2.24) is 5.32 Å². The Morgan fingerprint density at radius 1 is 1.05 bits per heavy atom. The largest absolute Gasteiger partial charge is 0.511 e. The Morgan fingerprint density at radius 2 is 1.65 bits per heavy atom. The van der Waals surface area contributed by atoms with Crippen LogP contribution in [0.4, 0.5) is 4.79 Å². The first kappa shape index (κ1) is 29.1. The lowest BCUT2D eigenvalue weighted by Crippen LogP contribution is -2.42. The predicted molar refractivity (Wildman–Crippen MR) is 154 cm³/mol. The number of nitrogens with zero attached hydrogens (tertiary/aromatic N) is 1. The molecule has 1 amide bonds. The van der Waals surface area contributed by atoms with Crippen LogP contribution in [0.2, 0.25) is 0 Å². The minimum Gasteiger partial charge on any atom is -0.511 e. The topological polar surface area (TPSA) is 125 Å². The van der Waals surface area contributed by atoms with Crippen molar-refractivity contribution in [2.75, 3.05) is 13.2 Å². The molecule has 1 unspecified atom stereocenters. The van der Waals surface area contributed by atoms with Crippen molar-refractivity contribution >= 4 is 23.6 Å². The summed E-state index contributed by atoms with van der Waals surface area (Å²) < 4.78 is 5.51. The lowest BCUT2D eigenvalue weighted by atomic mass is 9.75. The molecular weight excluding hydrogens is 508 g/mol. The van der Waals surface area contributed by atoms with Crippen molar-refractivity contribution in [2.45, 2.75) is 65.3 Å². The maximum atomic E-state index is 12.9. The third kappa shape index (κ3) is 6.61. The fourth-order valence-electron chi connectivity index (χ4n) is 5.62. The van der Waals surface area contributed by atoms with E-state index in [9.17, 15) is 24.6 Å². The smallest absolute Gasteiger partial charge is 0.407 e. The number of allylic oxidation sites excluding steroid dienone is 2. The molecule has 0 heterocycles. The standard InChI is InChI=1S/C32H38N2O6/c1-19(2)15-26(29-27(35)16-32(3,4)17-28(29)36)33-14-13-25(30(37)38)34-31(39)40-18-24-22-11-7-5-9-20(22)21-10-6-8-12-23(21)24/h5-12,19,24-25,35H,13-18H2,1-4H3,(H,34,39)(H,37,38). The molecule has 4 rings (SSSR count). The predicted octanol–water partition coefficient (Wildman–Crippen LogP) is 6.06. The Balaban J connectivity index is 1.40. The van der Waals surface area contributed by atoms with Crippen molar-refractivity contribution in [2.24, 2.45) is 16.3 Å². The van der Waals surface area contributed by atoms with Gasteiger partial charge in [-0.05, 0) is 46.4 Å². The van der Waals surface area contributed by atoms with Gasteiger partial charge in [0.05, 0.1) is 5.57 Å². The Kier molecular flexibility index (Phi) is 8.76. The van der Waals surface area contributed by atoms with Crippen molar-refractivity contribution in [3.63, 3.8) is 0 Å². The van der Waals surface area contributed by atoms with Crippen LogP contribution in [0.3, 0.4) is 0 Å². The zero-order valence-electron chi connectivity index (χ0n) is 23.6. The molecule has 0 saturated carbocycles. The van der Waals surface area contributed by atoms with Gasteiger partial charge in [-0.15, -0.1) is 0 Å². The summed E-state index contributed by atoms with van der Waals surface area (Å²) in [6.45, 7) is 7.99. The van der Waals surface area contributed by atoms with E-state index in [1.807, 2.05) is 76.2 Å². The number of aliphatic carboxylic acids is 1. The van der Waals surface area contributed by atoms with E-state index in [1.54, 1.807) is 0 Å². The molecule has 2 aliphatic rings. The highest BCUT2D eigenvalue weighted by atomic mass is 16.5. The first-order valence-electron chi connectivity index (χ1n) is 13.8. The van der Waals surface area contributed by atoms with Crippen LogP contribution in [-0.4, -0.2) is 53.0 Å². The highest BCUT2D eigenvalue weighted by Crippen LogP contribution is 2.44. The number of fused-ring (bicyclic) bond motifs is 3. The highest BCUT2D eigenvalue weighted by molar-refractivity contribution is 6.23. The van der Waals surface area contributed by atoms with Crippen molar-refractivity contribution in [3.8, 4) is 11.1 Å². The number of carboxylic acid groups (broad SMARTS) is 1. The molecule has 8 nitrogen and oxygen atoms in total. The number of carbonyl (C=O) groups excluding carboxylic acids is 2. The van der Waals surface area contributed by atoms with Crippen molar-refractivity contribution in [3.05, 3.63) is 71.0 Å². The van der Waals surface area contributed by atoms with Gasteiger partial charge in [0.15, 0.2) is 5.78 Å². The van der Waals surface area contributed by atoms with Crippen LogP contribution >= 0.6 is 0 Å². The van der Waals surface area contributed by atoms with E-state index in [4.69, 9.17) is 4.74 Å². The number of aliphatic hydroxyl groups excluding tert-OH is 1. The Morgan fingerprint density at radius 3 is 2.20 bits per heavy atom. The molecule has 212 valence electrons. The van der Waals surface area contributed by atoms with Crippen LogP contribution in [0, 0.1) is 11.3 Å². The summed E-state index contributed by atoms with van der Waals surface area (Å²) in [6, 6.07) is 14.7. The summed E-state index contributed by atoms with van der Waals surface area (Å²) in [4.78, 5) is 42.0. The number of nitrogens with one attached hydrogen (secondary N) is 1. The number of amides is 1. The van der Waals surface area contributed by atoms with Gasteiger partial charge < -0.3 is 20.3 Å². The molecule has 0 aliphatic heterocycles. The van der Waals surface area contributed by atoms with E-state index >= 15 is 0 Å². The minimum atomic E-state index is -1.22. The monoisotopic (exact) mass is 546 g/mol. The molecule has 2 aromatic carbocycles. The van der Waals surface area contributed by atoms with E-state index in [0.717, 1.165) is 22.3 Å². The summed E-state index contributed by atoms with van der Waals surface area (Å²) in [5, 5.41) is 22.8. The molecule has 8 heteroatoms. The molecule has 0 saturated heterocycles. The van der Waals surface area contributed by atoms with Crippen LogP contribution in [0.25, 0.3) is 11.1 Å². The fraction of sp³-hybridized carbons (Fsp3) is 0.438. The fourth-order valence-corrected chi connectivity index (χ4v) is 5.62. The number of aliphatic hydroxyl groups is 1. The zero-order chi connectivity index (χ0) is 29.0. The zero-order valence-corrected chi connectivity index (χ0v) is 23.6. The van der Waals surface area contributed by atoms with Gasteiger partial charge in [-0.1, -0.05) is 76.2 Å². The lowest BCUT2D eigenvalue weighted by molar-refractivity contribution is -0.139. The number of alkyl carbamates (subject to hydrolysis) is 1. The summed E-state index contributed by atoms with van der Waals surface area (Å²) in [5.41, 5.74) is 4.75. The second-order valence-electron chi connectivity index (χ2n) is 11.8. The lowest BCUT2D eigenvalue weighted by Gasteiger charge is -2.30. The SMILES string of the molecule is CC(C)CC(=NCCC(NC(=O)OCC1c2ccccc2-c2ccccc21)C(=O)O)C1=C(O)CC(C)(C)CC1=O. The molecule has 3 N–H and O–H groups in total. The van der Waals surface area contributed by atoms with Crippen LogP contribution < -0.4 is 5.32 Å². The van der Waals surface area contributed by atoms with Gasteiger partial charge in [0.25, 0.3) is 0 Å². The second kappa shape index (κ2) is 12.1. The van der Waals surface area contributed by atoms with Gasteiger partial charge in [0.1, 0.15) is 18.4 Å². The van der Waals surface area contributed by atoms with Gasteiger partial charge in [-0.3, -0.25) is 9.79 Å². The number of benzene rings is 2. The average molecular weight is 547 g/mol. The van der Waals surface area contributed by atoms with E-state index in [1.165, 1.54) is 0 Å². The van der Waals surface area contributed by atoms with Crippen molar-refractivity contribution in [1.29, 1.82) is 0 Å². The number of carboxylic acids is 1. The molecule has 0 spiro atoms. The molecule has 1 atom stereocenters. The Hall–Kier alpha value is -3.94. The summed E-state index contributed by atoms with van der Waals surface area (Å²) >= 11 is 0. The molecule has 40 heavy (non-hydrogen) atoms. The molecule has 0 radical (unpaired) electrons. The van der Waals surface area contributed by atoms with Gasteiger partial charge >= 0.3 is 12.1 Å². The normalized spacial score (nSPS) is 17.4.